The molecule has 0 N–H and O–H groups in total. The third kappa shape index (κ3) is 6.67. The van der Waals surface area contributed by atoms with Crippen molar-refractivity contribution in [3.8, 4) is 33.6 Å². The molecule has 0 saturated carbocycles. The van der Waals surface area contributed by atoms with E-state index in [0.717, 1.165) is 45.6 Å². The average molecular weight is 715 g/mol. The van der Waals surface area contributed by atoms with Gasteiger partial charge in [-0.25, -0.2) is 19.9 Å². The van der Waals surface area contributed by atoms with Crippen LogP contribution in [-0.2, 0) is 21.7 Å². The smallest absolute Gasteiger partial charge is 0.134 e. The molecule has 0 fully saturated rings. The number of rotatable bonds is 4. The van der Waals surface area contributed by atoms with Crippen molar-refractivity contribution in [1.29, 1.82) is 0 Å². The van der Waals surface area contributed by atoms with E-state index in [-0.39, 0.29) is 21.7 Å². The largest absolute Gasteiger partial charge is 0.237 e. The number of hydrogen-bond acceptors (Lipinski definition) is 4. The Morgan fingerprint density at radius 1 is 0.463 bits per heavy atom. The van der Waals surface area contributed by atoms with E-state index >= 15 is 0 Å². The Labute approximate surface area is 323 Å². The summed E-state index contributed by atoms with van der Waals surface area (Å²) in [7, 11) is 0. The molecule has 54 heavy (non-hydrogen) atoms. The molecule has 2 heterocycles. The van der Waals surface area contributed by atoms with Crippen LogP contribution in [0.5, 0.6) is 0 Å². The highest BCUT2D eigenvalue weighted by Gasteiger charge is 2.29. The van der Waals surface area contributed by atoms with Crippen LogP contribution in [0.15, 0.2) is 72.8 Å². The molecule has 0 aliphatic heterocycles. The Kier molecular flexibility index (Phi) is 8.83. The van der Waals surface area contributed by atoms with Crippen molar-refractivity contribution in [2.24, 2.45) is 0 Å². The fraction of sp³-hybridized carbons (Fsp3) is 0.400. The van der Waals surface area contributed by atoms with E-state index < -0.39 is 0 Å². The Morgan fingerprint density at radius 2 is 1.00 bits per heavy atom. The van der Waals surface area contributed by atoms with E-state index in [1.165, 1.54) is 54.6 Å². The Bertz CT molecular complexity index is 2500. The zero-order valence-electron chi connectivity index (χ0n) is 35.3. The summed E-state index contributed by atoms with van der Waals surface area (Å²) in [5, 5.41) is 7.54. The molecular formula is C50H58N4. The standard InChI is InChI=1S/C50H58N4/c1-28(2)34-24-38-36(40-27-42(48(7,8)9)54-46(52-40)50(13,14)15)25-35(39-26-41(47(4,5)6)53-45(51-39)49(10,11)12)33-21-20-30-22-31(23-37(34)43(30)44(33)38)32-19-17-16-18-29(32)3/h16-28H,1-15H3. The molecule has 0 amide bonds. The lowest BCUT2D eigenvalue weighted by atomic mass is 9.81. The molecule has 4 nitrogen and oxygen atoms in total. The fourth-order valence-corrected chi connectivity index (χ4v) is 7.58. The van der Waals surface area contributed by atoms with Gasteiger partial charge in [-0.3, -0.25) is 0 Å². The number of nitrogens with zero attached hydrogens (tertiary/aromatic N) is 4. The monoisotopic (exact) mass is 714 g/mol. The first-order chi connectivity index (χ1) is 25.0. The van der Waals surface area contributed by atoms with Crippen LogP contribution in [0.1, 0.15) is 137 Å². The second-order valence-corrected chi connectivity index (χ2v) is 20.0. The summed E-state index contributed by atoms with van der Waals surface area (Å²) in [6, 6.07) is 27.5. The number of hydrogen-bond donors (Lipinski definition) is 0. The predicted molar refractivity (Wildman–Crippen MR) is 231 cm³/mol. The number of aryl methyl sites for hydroxylation is 1. The van der Waals surface area contributed by atoms with Crippen LogP contribution < -0.4 is 0 Å². The molecule has 0 spiro atoms. The molecule has 7 aromatic rings. The first kappa shape index (κ1) is 37.6. The summed E-state index contributed by atoms with van der Waals surface area (Å²) in [4.78, 5) is 21.1. The lowest BCUT2D eigenvalue weighted by Gasteiger charge is -2.26. The Hall–Kier alpha value is -4.70. The van der Waals surface area contributed by atoms with Gasteiger partial charge in [0.15, 0.2) is 0 Å². The molecule has 0 saturated heterocycles. The molecule has 0 radical (unpaired) electrons. The van der Waals surface area contributed by atoms with E-state index in [4.69, 9.17) is 19.9 Å². The second kappa shape index (κ2) is 12.7. The molecule has 2 aromatic heterocycles. The predicted octanol–water partition coefficient (Wildman–Crippen LogP) is 13.8. The molecule has 0 bridgehead atoms. The first-order valence-electron chi connectivity index (χ1n) is 19.7. The topological polar surface area (TPSA) is 51.6 Å². The van der Waals surface area contributed by atoms with Gasteiger partial charge in [0.2, 0.25) is 0 Å². The van der Waals surface area contributed by atoms with Gasteiger partial charge in [0.05, 0.1) is 22.8 Å². The van der Waals surface area contributed by atoms with Gasteiger partial charge < -0.3 is 0 Å². The van der Waals surface area contributed by atoms with Gasteiger partial charge in [-0.1, -0.05) is 133 Å². The highest BCUT2D eigenvalue weighted by Crippen LogP contribution is 2.48. The summed E-state index contributed by atoms with van der Waals surface area (Å²) < 4.78 is 0. The Balaban J connectivity index is 1.70. The minimum atomic E-state index is -0.229. The molecule has 4 heteroatoms. The molecule has 0 unspecified atom stereocenters. The molecule has 0 atom stereocenters. The van der Waals surface area contributed by atoms with Crippen LogP contribution in [-0.4, -0.2) is 19.9 Å². The third-order valence-corrected chi connectivity index (χ3v) is 10.8. The van der Waals surface area contributed by atoms with Crippen LogP contribution in [0.25, 0.3) is 66.0 Å². The van der Waals surface area contributed by atoms with Crippen LogP contribution >= 0.6 is 0 Å². The highest BCUT2D eigenvalue weighted by atomic mass is 14.9. The molecule has 0 aliphatic rings. The molecular weight excluding hydrogens is 657 g/mol. The highest BCUT2D eigenvalue weighted by molar-refractivity contribution is 6.29. The lowest BCUT2D eigenvalue weighted by Crippen LogP contribution is -2.22. The van der Waals surface area contributed by atoms with Crippen molar-refractivity contribution in [3.05, 3.63) is 107 Å². The maximum atomic E-state index is 5.41. The normalized spacial score (nSPS) is 13.3. The van der Waals surface area contributed by atoms with Crippen LogP contribution in [0, 0.1) is 6.92 Å². The molecule has 5 aromatic carbocycles. The van der Waals surface area contributed by atoms with Crippen molar-refractivity contribution in [2.75, 3.05) is 0 Å². The van der Waals surface area contributed by atoms with Gasteiger partial charge >= 0.3 is 0 Å². The van der Waals surface area contributed by atoms with Crippen LogP contribution in [0.3, 0.4) is 0 Å². The summed E-state index contributed by atoms with van der Waals surface area (Å²) in [5.74, 6) is 2.02. The SMILES string of the molecule is Cc1ccccc1-c1cc2ccc3c(-c4cc(C(C)(C)C)nc(C(C)(C)C)n4)cc(-c4cc(C(C)(C)C)nc(C(C)(C)C)n4)c4cc(C(C)C)c(c1)c2c34. The van der Waals surface area contributed by atoms with E-state index in [2.05, 4.69) is 177 Å². The number of benzene rings is 5. The van der Waals surface area contributed by atoms with Gasteiger partial charge in [0, 0.05) is 32.8 Å². The van der Waals surface area contributed by atoms with Gasteiger partial charge in [0.25, 0.3) is 0 Å². The molecule has 278 valence electrons. The summed E-state index contributed by atoms with van der Waals surface area (Å²) in [6.45, 7) is 33.5. The zero-order chi connectivity index (χ0) is 39.3. The van der Waals surface area contributed by atoms with Crippen molar-refractivity contribution >= 4 is 32.3 Å². The van der Waals surface area contributed by atoms with E-state index in [0.29, 0.717) is 5.92 Å². The molecule has 7 rings (SSSR count). The van der Waals surface area contributed by atoms with Gasteiger partial charge in [-0.15, -0.1) is 0 Å². The van der Waals surface area contributed by atoms with E-state index in [9.17, 15) is 0 Å². The first-order valence-corrected chi connectivity index (χ1v) is 19.7. The Morgan fingerprint density at radius 3 is 1.50 bits per heavy atom. The van der Waals surface area contributed by atoms with Crippen molar-refractivity contribution in [1.82, 2.24) is 19.9 Å². The van der Waals surface area contributed by atoms with Crippen molar-refractivity contribution in [3.63, 3.8) is 0 Å². The summed E-state index contributed by atoms with van der Waals surface area (Å²) >= 11 is 0. The van der Waals surface area contributed by atoms with Crippen molar-refractivity contribution < 1.29 is 0 Å². The maximum absolute atomic E-state index is 5.41. The van der Waals surface area contributed by atoms with Gasteiger partial charge in [-0.05, 0) is 104 Å². The maximum Gasteiger partial charge on any atom is 0.134 e. The van der Waals surface area contributed by atoms with E-state index in [1.807, 2.05) is 0 Å². The lowest BCUT2D eigenvalue weighted by molar-refractivity contribution is 0.514. The summed E-state index contributed by atoms with van der Waals surface area (Å²) in [5.41, 5.74) is 10.6. The van der Waals surface area contributed by atoms with Gasteiger partial charge in [0.1, 0.15) is 11.6 Å². The second-order valence-electron chi connectivity index (χ2n) is 20.0. The minimum absolute atomic E-state index is 0.154. The third-order valence-electron chi connectivity index (χ3n) is 10.8. The number of aromatic nitrogens is 4. The quantitative estimate of drug-likeness (QED) is 0.170. The molecule has 0 aliphatic carbocycles. The zero-order valence-corrected chi connectivity index (χ0v) is 35.3. The summed E-state index contributed by atoms with van der Waals surface area (Å²) in [6.07, 6.45) is 0. The van der Waals surface area contributed by atoms with Crippen molar-refractivity contribution in [2.45, 2.75) is 131 Å². The van der Waals surface area contributed by atoms with E-state index in [1.54, 1.807) is 0 Å². The average Bonchev–Trinajstić information content (AvgIpc) is 3.08. The van der Waals surface area contributed by atoms with Gasteiger partial charge in [-0.2, -0.15) is 0 Å². The van der Waals surface area contributed by atoms with Crippen LogP contribution in [0.2, 0.25) is 0 Å². The van der Waals surface area contributed by atoms with Crippen LogP contribution in [0.4, 0.5) is 0 Å². The minimum Gasteiger partial charge on any atom is -0.237 e. The fourth-order valence-electron chi connectivity index (χ4n) is 7.58.